The van der Waals surface area contributed by atoms with Crippen molar-refractivity contribution in [2.24, 2.45) is 5.92 Å². The highest BCUT2D eigenvalue weighted by Crippen LogP contribution is 2.27. The zero-order chi connectivity index (χ0) is 13.5. The van der Waals surface area contributed by atoms with E-state index in [1.807, 2.05) is 0 Å². The molecule has 0 spiro atoms. The third kappa shape index (κ3) is 4.45. The van der Waals surface area contributed by atoms with Gasteiger partial charge in [-0.3, -0.25) is 0 Å². The van der Waals surface area contributed by atoms with Crippen molar-refractivity contribution in [2.75, 3.05) is 0 Å². The van der Waals surface area contributed by atoms with Crippen LogP contribution >= 0.6 is 0 Å². The summed E-state index contributed by atoms with van der Waals surface area (Å²) in [6, 6.07) is 6.31. The van der Waals surface area contributed by atoms with Gasteiger partial charge in [-0.25, -0.2) is 0 Å². The van der Waals surface area contributed by atoms with Crippen LogP contribution < -0.4 is 0 Å². The van der Waals surface area contributed by atoms with E-state index in [9.17, 15) is 5.11 Å². The van der Waals surface area contributed by atoms with Gasteiger partial charge in [-0.05, 0) is 42.9 Å². The third-order valence-corrected chi connectivity index (χ3v) is 4.02. The van der Waals surface area contributed by atoms with E-state index >= 15 is 0 Å². The number of unbranched alkanes of at least 4 members (excludes halogenated alkanes) is 1. The minimum atomic E-state index is -0.300. The van der Waals surface area contributed by atoms with Crippen LogP contribution in [0.2, 0.25) is 0 Å². The summed E-state index contributed by atoms with van der Waals surface area (Å²) in [7, 11) is 0. The molecule has 0 radical (unpaired) electrons. The molecule has 0 aliphatic carbocycles. The molecular formula is C17H28O. The summed E-state index contributed by atoms with van der Waals surface area (Å²) in [5, 5.41) is 10.3. The van der Waals surface area contributed by atoms with Crippen molar-refractivity contribution in [3.63, 3.8) is 0 Å². The lowest BCUT2D eigenvalue weighted by molar-refractivity contribution is 0.139. The van der Waals surface area contributed by atoms with Crippen LogP contribution in [0.1, 0.15) is 68.7 Å². The molecule has 1 heteroatoms. The molecule has 0 heterocycles. The maximum absolute atomic E-state index is 10.3. The summed E-state index contributed by atoms with van der Waals surface area (Å²) in [5.74, 6) is 0.654. The fraction of sp³-hybridized carbons (Fsp3) is 0.647. The summed E-state index contributed by atoms with van der Waals surface area (Å²) in [6.45, 7) is 8.68. The highest BCUT2D eigenvalue weighted by molar-refractivity contribution is 5.31. The number of hydrogen-bond donors (Lipinski definition) is 1. The molecule has 2 unspecified atom stereocenters. The van der Waals surface area contributed by atoms with Crippen LogP contribution in [0.4, 0.5) is 0 Å². The smallest absolute Gasteiger partial charge is 0.0792 e. The summed E-state index contributed by atoms with van der Waals surface area (Å²) in [5.41, 5.74) is 3.64. The second-order valence-corrected chi connectivity index (χ2v) is 5.51. The van der Waals surface area contributed by atoms with Gasteiger partial charge >= 0.3 is 0 Å². The largest absolute Gasteiger partial charge is 0.388 e. The molecule has 1 rings (SSSR count). The van der Waals surface area contributed by atoms with Gasteiger partial charge in [-0.2, -0.15) is 0 Å². The van der Waals surface area contributed by atoms with Gasteiger partial charge in [-0.15, -0.1) is 0 Å². The average molecular weight is 248 g/mol. The Balaban J connectivity index is 2.62. The first-order valence-corrected chi connectivity index (χ1v) is 7.33. The Morgan fingerprint density at radius 1 is 1.11 bits per heavy atom. The summed E-state index contributed by atoms with van der Waals surface area (Å²) >= 11 is 0. The molecule has 1 aromatic carbocycles. The second kappa shape index (κ2) is 7.58. The number of aliphatic hydroxyl groups excluding tert-OH is 1. The zero-order valence-corrected chi connectivity index (χ0v) is 12.4. The van der Waals surface area contributed by atoms with Crippen LogP contribution in [0.5, 0.6) is 0 Å². The number of aryl methyl sites for hydroxylation is 2. The molecule has 0 aliphatic rings. The summed E-state index contributed by atoms with van der Waals surface area (Å²) < 4.78 is 0. The van der Waals surface area contributed by atoms with Crippen LogP contribution in [0.15, 0.2) is 18.2 Å². The molecule has 18 heavy (non-hydrogen) atoms. The molecule has 0 amide bonds. The van der Waals surface area contributed by atoms with Crippen molar-refractivity contribution < 1.29 is 5.11 Å². The summed E-state index contributed by atoms with van der Waals surface area (Å²) in [4.78, 5) is 0. The molecule has 0 bridgehead atoms. The lowest BCUT2D eigenvalue weighted by Crippen LogP contribution is -2.07. The van der Waals surface area contributed by atoms with Gasteiger partial charge in [0.2, 0.25) is 0 Å². The van der Waals surface area contributed by atoms with E-state index in [-0.39, 0.29) is 6.10 Å². The average Bonchev–Trinajstić information content (AvgIpc) is 2.37. The van der Waals surface area contributed by atoms with Crippen LogP contribution in [0.25, 0.3) is 0 Å². The van der Waals surface area contributed by atoms with Gasteiger partial charge in [0.25, 0.3) is 0 Å². The fourth-order valence-electron chi connectivity index (χ4n) is 2.41. The first kappa shape index (κ1) is 15.2. The standard InChI is InChI=1S/C17H28O/c1-5-7-8-15(6-2)12-17(18)16-10-9-13(3)14(4)11-16/h9-11,15,17-18H,5-8,12H2,1-4H3. The van der Waals surface area contributed by atoms with Gasteiger partial charge in [-0.1, -0.05) is 57.7 Å². The van der Waals surface area contributed by atoms with Gasteiger partial charge in [0.15, 0.2) is 0 Å². The maximum Gasteiger partial charge on any atom is 0.0792 e. The number of benzene rings is 1. The van der Waals surface area contributed by atoms with E-state index in [0.29, 0.717) is 5.92 Å². The summed E-state index contributed by atoms with van der Waals surface area (Å²) in [6.07, 6.45) is 5.54. The van der Waals surface area contributed by atoms with E-state index < -0.39 is 0 Å². The Bertz CT molecular complexity index is 357. The Kier molecular flexibility index (Phi) is 6.42. The van der Waals surface area contributed by atoms with E-state index in [2.05, 4.69) is 45.9 Å². The number of rotatable bonds is 7. The molecule has 1 aromatic rings. The monoisotopic (exact) mass is 248 g/mol. The predicted molar refractivity (Wildman–Crippen MR) is 78.8 cm³/mol. The molecule has 2 atom stereocenters. The minimum absolute atomic E-state index is 0.300. The van der Waals surface area contributed by atoms with Gasteiger partial charge in [0.05, 0.1) is 6.10 Å². The predicted octanol–water partition coefficient (Wildman–Crippen LogP) is 4.94. The Hall–Kier alpha value is -0.820. The fourth-order valence-corrected chi connectivity index (χ4v) is 2.41. The topological polar surface area (TPSA) is 20.2 Å². The number of aliphatic hydroxyl groups is 1. The third-order valence-electron chi connectivity index (χ3n) is 4.02. The van der Waals surface area contributed by atoms with Gasteiger partial charge in [0.1, 0.15) is 0 Å². The Morgan fingerprint density at radius 2 is 1.83 bits per heavy atom. The van der Waals surface area contributed by atoms with Crippen molar-refractivity contribution in [3.05, 3.63) is 34.9 Å². The van der Waals surface area contributed by atoms with Gasteiger partial charge < -0.3 is 5.11 Å². The van der Waals surface area contributed by atoms with E-state index in [1.165, 1.54) is 36.8 Å². The Morgan fingerprint density at radius 3 is 2.39 bits per heavy atom. The zero-order valence-electron chi connectivity index (χ0n) is 12.4. The van der Waals surface area contributed by atoms with Crippen molar-refractivity contribution in [3.8, 4) is 0 Å². The highest BCUT2D eigenvalue weighted by Gasteiger charge is 2.14. The van der Waals surface area contributed by atoms with E-state index in [0.717, 1.165) is 12.0 Å². The van der Waals surface area contributed by atoms with Crippen LogP contribution in [0, 0.1) is 19.8 Å². The Labute approximate surface area is 112 Å². The maximum atomic E-state index is 10.3. The highest BCUT2D eigenvalue weighted by atomic mass is 16.3. The molecule has 0 aliphatic heterocycles. The molecular weight excluding hydrogens is 220 g/mol. The van der Waals surface area contributed by atoms with Crippen molar-refractivity contribution in [2.45, 2.75) is 65.9 Å². The van der Waals surface area contributed by atoms with Crippen LogP contribution in [-0.4, -0.2) is 5.11 Å². The quantitative estimate of drug-likeness (QED) is 0.724. The minimum Gasteiger partial charge on any atom is -0.388 e. The lowest BCUT2D eigenvalue weighted by Gasteiger charge is -2.19. The van der Waals surface area contributed by atoms with Crippen molar-refractivity contribution in [1.29, 1.82) is 0 Å². The molecule has 1 N–H and O–H groups in total. The molecule has 0 saturated carbocycles. The number of hydrogen-bond acceptors (Lipinski definition) is 1. The second-order valence-electron chi connectivity index (χ2n) is 5.51. The SMILES string of the molecule is CCCCC(CC)CC(O)c1ccc(C)c(C)c1. The molecule has 0 saturated heterocycles. The van der Waals surface area contributed by atoms with E-state index in [1.54, 1.807) is 0 Å². The first-order valence-electron chi connectivity index (χ1n) is 7.33. The van der Waals surface area contributed by atoms with Crippen molar-refractivity contribution >= 4 is 0 Å². The molecule has 102 valence electrons. The van der Waals surface area contributed by atoms with Crippen molar-refractivity contribution in [1.82, 2.24) is 0 Å². The van der Waals surface area contributed by atoms with E-state index in [4.69, 9.17) is 0 Å². The molecule has 0 fully saturated rings. The molecule has 0 aromatic heterocycles. The van der Waals surface area contributed by atoms with Crippen LogP contribution in [-0.2, 0) is 0 Å². The first-order chi connectivity index (χ1) is 8.58. The van der Waals surface area contributed by atoms with Crippen LogP contribution in [0.3, 0.4) is 0 Å². The lowest BCUT2D eigenvalue weighted by atomic mass is 9.90. The van der Waals surface area contributed by atoms with Gasteiger partial charge in [0, 0.05) is 0 Å². The normalized spacial score (nSPS) is 14.5. The molecule has 1 nitrogen and oxygen atoms in total.